The molecule has 1 N–H and O–H groups in total. The zero-order valence-corrected chi connectivity index (χ0v) is 25.0. The van der Waals surface area contributed by atoms with Crippen molar-refractivity contribution in [1.29, 1.82) is 0 Å². The van der Waals surface area contributed by atoms with Gasteiger partial charge in [-0.2, -0.15) is 0 Å². The molecule has 5 rings (SSSR count). The Morgan fingerprint density at radius 2 is 1.59 bits per heavy atom. The minimum absolute atomic E-state index is 0.0547. The summed E-state index contributed by atoms with van der Waals surface area (Å²) in [5.41, 5.74) is 1.61. The Hall–Kier alpha value is -2.94. The van der Waals surface area contributed by atoms with Crippen LogP contribution in [0, 0.1) is 11.8 Å². The zero-order valence-electron chi connectivity index (χ0n) is 25.0. The van der Waals surface area contributed by atoms with Crippen molar-refractivity contribution in [3.63, 3.8) is 0 Å². The Balaban J connectivity index is 1.22. The number of likely N-dealkylation sites (N-methyl/N-ethyl adjacent to an activating group) is 1. The topological polar surface area (TPSA) is 93.3 Å². The number of fused-ring (bicyclic) bond motifs is 1. The number of nitrogens with one attached hydrogen (secondary N) is 1. The van der Waals surface area contributed by atoms with Gasteiger partial charge in [-0.25, -0.2) is 0 Å². The third kappa shape index (κ3) is 6.76. The Kier molecular flexibility index (Phi) is 9.32. The second kappa shape index (κ2) is 12.9. The van der Waals surface area contributed by atoms with Crippen molar-refractivity contribution in [3.05, 3.63) is 29.8 Å². The quantitative estimate of drug-likeness (QED) is 0.521. The minimum Gasteiger partial charge on any atom is -0.369 e. The second-order valence-electron chi connectivity index (χ2n) is 13.0. The van der Waals surface area contributed by atoms with Crippen LogP contribution in [-0.4, -0.2) is 103 Å². The van der Waals surface area contributed by atoms with Crippen molar-refractivity contribution in [3.8, 4) is 0 Å². The fourth-order valence-electron chi connectivity index (χ4n) is 7.17. The van der Waals surface area contributed by atoms with Gasteiger partial charge in [-0.15, -0.1) is 0 Å². The van der Waals surface area contributed by atoms with Crippen molar-refractivity contribution in [2.75, 3.05) is 51.2 Å². The van der Waals surface area contributed by atoms with Gasteiger partial charge >= 0.3 is 0 Å². The average molecular weight is 566 g/mol. The predicted molar refractivity (Wildman–Crippen MR) is 159 cm³/mol. The van der Waals surface area contributed by atoms with Crippen LogP contribution in [-0.2, 0) is 14.4 Å². The molecule has 224 valence electrons. The Morgan fingerprint density at radius 3 is 2.24 bits per heavy atom. The van der Waals surface area contributed by atoms with E-state index in [4.69, 9.17) is 0 Å². The molecule has 0 aromatic heterocycles. The highest BCUT2D eigenvalue weighted by atomic mass is 16.2. The van der Waals surface area contributed by atoms with Crippen molar-refractivity contribution in [2.24, 2.45) is 11.8 Å². The standard InChI is InChI=1S/C32H47N5O4/c1-22(2)19-26(33-31(40)24-9-11-25(12-10-24)35-17-15-34(3)16-18-35)32(41)36-14-13-27-30(36)28(38)21-37(27)29(39)20-23-7-5-4-6-8-23/h9-12,22-23,26-27,30H,4-8,13-21H2,1-3H3,(H,33,40). The van der Waals surface area contributed by atoms with E-state index in [1.165, 1.54) is 19.3 Å². The van der Waals surface area contributed by atoms with Gasteiger partial charge in [0.1, 0.15) is 12.1 Å². The second-order valence-corrected chi connectivity index (χ2v) is 13.0. The molecule has 3 unspecified atom stereocenters. The van der Waals surface area contributed by atoms with E-state index >= 15 is 0 Å². The fourth-order valence-corrected chi connectivity index (χ4v) is 7.17. The summed E-state index contributed by atoms with van der Waals surface area (Å²) in [6.07, 6.45) is 7.35. The summed E-state index contributed by atoms with van der Waals surface area (Å²) in [6.45, 7) is 8.49. The largest absolute Gasteiger partial charge is 0.369 e. The highest BCUT2D eigenvalue weighted by Crippen LogP contribution is 2.33. The molecular formula is C32H47N5O4. The normalized spacial score (nSPS) is 24.6. The van der Waals surface area contributed by atoms with Gasteiger partial charge in [0.05, 0.1) is 12.6 Å². The zero-order chi connectivity index (χ0) is 29.1. The molecule has 0 radical (unpaired) electrons. The lowest BCUT2D eigenvalue weighted by molar-refractivity contribution is -0.138. The molecule has 1 aliphatic carbocycles. The van der Waals surface area contributed by atoms with Crippen LogP contribution in [0.4, 0.5) is 5.69 Å². The number of nitrogens with zero attached hydrogens (tertiary/aromatic N) is 4. The van der Waals surface area contributed by atoms with Crippen LogP contribution in [0.1, 0.15) is 75.6 Å². The predicted octanol–water partition coefficient (Wildman–Crippen LogP) is 2.93. The van der Waals surface area contributed by atoms with E-state index in [0.717, 1.165) is 44.7 Å². The lowest BCUT2D eigenvalue weighted by Crippen LogP contribution is -2.53. The highest BCUT2D eigenvalue weighted by Gasteiger charge is 2.52. The third-order valence-electron chi connectivity index (χ3n) is 9.52. The molecule has 1 aromatic carbocycles. The number of Topliss-reactive ketones (excluding diaryl/α,β-unsaturated/α-hetero) is 1. The molecule has 3 saturated heterocycles. The van der Waals surface area contributed by atoms with Gasteiger partial charge in [-0.3, -0.25) is 19.2 Å². The van der Waals surface area contributed by atoms with Crippen LogP contribution in [0.3, 0.4) is 0 Å². The van der Waals surface area contributed by atoms with Crippen molar-refractivity contribution in [2.45, 2.75) is 83.3 Å². The van der Waals surface area contributed by atoms with Crippen molar-refractivity contribution >= 4 is 29.2 Å². The highest BCUT2D eigenvalue weighted by molar-refractivity contribution is 6.01. The van der Waals surface area contributed by atoms with E-state index < -0.39 is 12.1 Å². The smallest absolute Gasteiger partial charge is 0.251 e. The number of amides is 3. The number of likely N-dealkylation sites (tertiary alicyclic amines) is 2. The van der Waals surface area contributed by atoms with E-state index in [9.17, 15) is 19.2 Å². The SMILES string of the molecule is CC(C)CC(NC(=O)c1ccc(N2CCN(C)CC2)cc1)C(=O)N1CCC2C1C(=O)CN2C(=O)CC1CCCCC1. The number of piperazine rings is 1. The lowest BCUT2D eigenvalue weighted by Gasteiger charge is -2.34. The first-order valence-corrected chi connectivity index (χ1v) is 15.7. The van der Waals surface area contributed by atoms with Crippen LogP contribution >= 0.6 is 0 Å². The van der Waals surface area contributed by atoms with Gasteiger partial charge in [0.25, 0.3) is 5.91 Å². The number of rotatable bonds is 8. The number of anilines is 1. The minimum atomic E-state index is -0.724. The number of carbonyl (C=O) groups excluding carboxylic acids is 4. The first-order valence-electron chi connectivity index (χ1n) is 15.7. The number of hydrogen-bond acceptors (Lipinski definition) is 6. The first kappa shape index (κ1) is 29.5. The summed E-state index contributed by atoms with van der Waals surface area (Å²) in [5, 5.41) is 2.99. The van der Waals surface area contributed by atoms with E-state index in [1.54, 1.807) is 9.80 Å². The Labute approximate surface area is 244 Å². The number of benzene rings is 1. The number of carbonyl (C=O) groups is 4. The van der Waals surface area contributed by atoms with Crippen LogP contribution < -0.4 is 10.2 Å². The number of ketones is 1. The molecule has 3 amide bonds. The molecule has 9 nitrogen and oxygen atoms in total. The molecule has 3 heterocycles. The van der Waals surface area contributed by atoms with Crippen LogP contribution in [0.15, 0.2) is 24.3 Å². The molecule has 41 heavy (non-hydrogen) atoms. The van der Waals surface area contributed by atoms with Crippen molar-refractivity contribution < 1.29 is 19.2 Å². The molecule has 1 aromatic rings. The lowest BCUT2D eigenvalue weighted by atomic mass is 9.86. The molecular weight excluding hydrogens is 518 g/mol. The average Bonchev–Trinajstić information content (AvgIpc) is 3.54. The van der Waals surface area contributed by atoms with E-state index in [0.29, 0.717) is 37.3 Å². The fraction of sp³-hybridized carbons (Fsp3) is 0.688. The molecule has 0 spiro atoms. The molecule has 4 aliphatic rings. The molecule has 0 bridgehead atoms. The van der Waals surface area contributed by atoms with Gasteiger partial charge < -0.3 is 24.9 Å². The van der Waals surface area contributed by atoms with Crippen LogP contribution in [0.25, 0.3) is 0 Å². The summed E-state index contributed by atoms with van der Waals surface area (Å²) in [6, 6.07) is 6.01. The van der Waals surface area contributed by atoms with Crippen LogP contribution in [0.5, 0.6) is 0 Å². The molecule has 4 fully saturated rings. The molecule has 9 heteroatoms. The van der Waals surface area contributed by atoms with E-state index in [2.05, 4.69) is 22.2 Å². The maximum absolute atomic E-state index is 13.9. The summed E-state index contributed by atoms with van der Waals surface area (Å²) in [7, 11) is 2.12. The monoisotopic (exact) mass is 565 g/mol. The third-order valence-corrected chi connectivity index (χ3v) is 9.52. The van der Waals surface area contributed by atoms with Crippen molar-refractivity contribution in [1.82, 2.24) is 20.0 Å². The van der Waals surface area contributed by atoms with Gasteiger partial charge in [-0.05, 0) is 68.8 Å². The van der Waals surface area contributed by atoms with E-state index in [-0.39, 0.29) is 42.0 Å². The molecule has 3 atom stereocenters. The van der Waals surface area contributed by atoms with Gasteiger partial charge in [0.2, 0.25) is 11.8 Å². The summed E-state index contributed by atoms with van der Waals surface area (Å²) in [5.74, 6) is 0.0715. The summed E-state index contributed by atoms with van der Waals surface area (Å²) in [4.78, 5) is 61.5. The molecule has 3 aliphatic heterocycles. The Bertz CT molecular complexity index is 1110. The first-order chi connectivity index (χ1) is 19.7. The van der Waals surface area contributed by atoms with Gasteiger partial charge in [-0.1, -0.05) is 33.1 Å². The maximum atomic E-state index is 13.9. The summed E-state index contributed by atoms with van der Waals surface area (Å²) < 4.78 is 0. The van der Waals surface area contributed by atoms with Gasteiger partial charge in [0.15, 0.2) is 5.78 Å². The van der Waals surface area contributed by atoms with E-state index in [1.807, 2.05) is 38.1 Å². The van der Waals surface area contributed by atoms with Crippen LogP contribution in [0.2, 0.25) is 0 Å². The maximum Gasteiger partial charge on any atom is 0.251 e. The summed E-state index contributed by atoms with van der Waals surface area (Å²) >= 11 is 0. The number of hydrogen-bond donors (Lipinski definition) is 1. The molecule has 1 saturated carbocycles. The van der Waals surface area contributed by atoms with Gasteiger partial charge in [0, 0.05) is 50.4 Å². The Morgan fingerprint density at radius 1 is 0.902 bits per heavy atom.